The predicted molar refractivity (Wildman–Crippen MR) is 105 cm³/mol. The Labute approximate surface area is 164 Å². The van der Waals surface area contributed by atoms with E-state index < -0.39 is 0 Å². The van der Waals surface area contributed by atoms with Gasteiger partial charge in [0.05, 0.1) is 6.04 Å². The maximum absolute atomic E-state index is 12.5. The zero-order valence-corrected chi connectivity index (χ0v) is 16.2. The van der Waals surface area contributed by atoms with Crippen LogP contribution in [-0.2, 0) is 4.79 Å². The van der Waals surface area contributed by atoms with Gasteiger partial charge in [-0.3, -0.25) is 9.69 Å². The average Bonchev–Trinajstić information content (AvgIpc) is 2.67. The number of carbonyl (C=O) groups is 1. The van der Waals surface area contributed by atoms with E-state index in [9.17, 15) is 4.79 Å². The minimum Gasteiger partial charge on any atom is -0.492 e. The molecule has 1 unspecified atom stereocenters. The summed E-state index contributed by atoms with van der Waals surface area (Å²) in [6.45, 7) is 3.96. The van der Waals surface area contributed by atoms with E-state index >= 15 is 0 Å². The zero-order chi connectivity index (χ0) is 19.2. The number of hydrogen-bond acceptors (Lipinski definition) is 5. The molecule has 0 saturated heterocycles. The third-order valence-electron chi connectivity index (χ3n) is 4.36. The van der Waals surface area contributed by atoms with Gasteiger partial charge in [-0.2, -0.15) is 0 Å². The van der Waals surface area contributed by atoms with Gasteiger partial charge in [0.15, 0.2) is 11.5 Å². The highest BCUT2D eigenvalue weighted by molar-refractivity contribution is 6.30. The predicted octanol–water partition coefficient (Wildman–Crippen LogP) is 3.45. The monoisotopic (exact) mass is 390 g/mol. The normalized spacial score (nSPS) is 13.9. The first-order valence-electron chi connectivity index (χ1n) is 8.82. The molecule has 1 aliphatic rings. The summed E-state index contributed by atoms with van der Waals surface area (Å²) in [6, 6.07) is 12.3. The largest absolute Gasteiger partial charge is 0.492 e. The van der Waals surface area contributed by atoms with Gasteiger partial charge in [-0.25, -0.2) is 0 Å². The number of halogens is 1. The van der Waals surface area contributed by atoms with Crippen LogP contribution >= 0.6 is 11.6 Å². The number of likely N-dealkylation sites (N-methyl/N-ethyl adjacent to an activating group) is 1. The molecule has 0 fully saturated rings. The number of nitrogens with zero attached hydrogens (tertiary/aromatic N) is 1. The maximum Gasteiger partial charge on any atom is 0.241 e. The lowest BCUT2D eigenvalue weighted by molar-refractivity contribution is -0.120. The third kappa shape index (κ3) is 5.28. The van der Waals surface area contributed by atoms with Crippen molar-refractivity contribution in [2.45, 2.75) is 13.0 Å². The Balaban J connectivity index is 1.49. The lowest BCUT2D eigenvalue weighted by Gasteiger charge is -2.24. The van der Waals surface area contributed by atoms with Gasteiger partial charge >= 0.3 is 0 Å². The first-order valence-corrected chi connectivity index (χ1v) is 9.20. The van der Waals surface area contributed by atoms with E-state index in [1.54, 1.807) is 30.3 Å². The van der Waals surface area contributed by atoms with Crippen molar-refractivity contribution in [3.63, 3.8) is 0 Å². The van der Waals surface area contributed by atoms with E-state index in [0.717, 1.165) is 0 Å². The maximum atomic E-state index is 12.5. The van der Waals surface area contributed by atoms with E-state index in [0.29, 0.717) is 54.3 Å². The van der Waals surface area contributed by atoms with Gasteiger partial charge in [-0.05, 0) is 44.3 Å². The smallest absolute Gasteiger partial charge is 0.241 e. The molecular formula is C20H23ClN2O4. The molecule has 0 aliphatic carbocycles. The van der Waals surface area contributed by atoms with Gasteiger partial charge in [0.25, 0.3) is 0 Å². The Morgan fingerprint density at radius 2 is 2.00 bits per heavy atom. The van der Waals surface area contributed by atoms with Gasteiger partial charge in [-0.15, -0.1) is 0 Å². The highest BCUT2D eigenvalue weighted by Gasteiger charge is 2.19. The Hall–Kier alpha value is -2.44. The number of nitrogens with one attached hydrogen (secondary N) is 1. The molecule has 27 heavy (non-hydrogen) atoms. The molecule has 1 atom stereocenters. The average molecular weight is 391 g/mol. The Morgan fingerprint density at radius 1 is 1.22 bits per heavy atom. The van der Waals surface area contributed by atoms with Gasteiger partial charge < -0.3 is 19.5 Å². The first-order chi connectivity index (χ1) is 13.0. The second kappa shape index (κ2) is 8.97. The lowest BCUT2D eigenvalue weighted by atomic mass is 10.2. The molecule has 2 aromatic rings. The van der Waals surface area contributed by atoms with Crippen molar-refractivity contribution in [2.75, 3.05) is 38.7 Å². The Bertz CT molecular complexity index is 799. The molecule has 0 aromatic heterocycles. The van der Waals surface area contributed by atoms with Crippen LogP contribution in [0.2, 0.25) is 5.02 Å². The summed E-state index contributed by atoms with van der Waals surface area (Å²) in [5, 5.41) is 3.55. The summed E-state index contributed by atoms with van der Waals surface area (Å²) in [6.07, 6.45) is 0. The number of ether oxygens (including phenoxy) is 3. The van der Waals surface area contributed by atoms with Crippen LogP contribution in [0.3, 0.4) is 0 Å². The van der Waals surface area contributed by atoms with E-state index in [-0.39, 0.29) is 11.9 Å². The molecule has 1 amide bonds. The molecule has 0 spiro atoms. The van der Waals surface area contributed by atoms with Gasteiger partial charge in [-0.1, -0.05) is 17.7 Å². The van der Waals surface area contributed by atoms with Crippen molar-refractivity contribution in [3.8, 4) is 17.2 Å². The molecule has 0 bridgehead atoms. The summed E-state index contributed by atoms with van der Waals surface area (Å²) in [5.74, 6) is 1.96. The lowest BCUT2D eigenvalue weighted by Crippen LogP contribution is -2.41. The van der Waals surface area contributed by atoms with E-state index in [4.69, 9.17) is 25.8 Å². The molecule has 0 radical (unpaired) electrons. The van der Waals surface area contributed by atoms with E-state index in [2.05, 4.69) is 5.32 Å². The van der Waals surface area contributed by atoms with E-state index in [1.165, 1.54) is 0 Å². The molecular weight excluding hydrogens is 368 g/mol. The number of hydrogen-bond donors (Lipinski definition) is 1. The number of amides is 1. The van der Waals surface area contributed by atoms with Crippen molar-refractivity contribution < 1.29 is 19.0 Å². The van der Waals surface area contributed by atoms with Crippen LogP contribution < -0.4 is 19.5 Å². The van der Waals surface area contributed by atoms with Crippen LogP contribution in [0.4, 0.5) is 5.69 Å². The summed E-state index contributed by atoms with van der Waals surface area (Å²) >= 11 is 5.94. The van der Waals surface area contributed by atoms with Crippen LogP contribution in [0, 0.1) is 0 Å². The standard InChI is InChI=1S/C20H23ClN2O4/c1-14(23(2)8-9-25-17-5-3-4-15(21)12-17)20(24)22-16-6-7-18-19(13-16)27-11-10-26-18/h3-7,12-14H,8-11H2,1-2H3,(H,22,24). The van der Waals surface area contributed by atoms with Gasteiger partial charge in [0.1, 0.15) is 25.6 Å². The highest BCUT2D eigenvalue weighted by Crippen LogP contribution is 2.32. The van der Waals surface area contributed by atoms with Crippen molar-refractivity contribution in [2.24, 2.45) is 0 Å². The van der Waals surface area contributed by atoms with Gasteiger partial charge in [0, 0.05) is 23.3 Å². The fourth-order valence-corrected chi connectivity index (χ4v) is 2.81. The summed E-state index contributed by atoms with van der Waals surface area (Å²) in [5.41, 5.74) is 0.680. The van der Waals surface area contributed by atoms with Crippen molar-refractivity contribution in [1.82, 2.24) is 4.90 Å². The third-order valence-corrected chi connectivity index (χ3v) is 4.59. The van der Waals surface area contributed by atoms with E-state index in [1.807, 2.05) is 31.0 Å². The molecule has 2 aromatic carbocycles. The first kappa shape index (κ1) is 19.3. The van der Waals surface area contributed by atoms with Crippen LogP contribution in [0.15, 0.2) is 42.5 Å². The molecule has 0 saturated carbocycles. The topological polar surface area (TPSA) is 60.0 Å². The SMILES string of the molecule is CC(C(=O)Nc1ccc2c(c1)OCCO2)N(C)CCOc1cccc(Cl)c1. The molecule has 6 nitrogen and oxygen atoms in total. The molecule has 1 heterocycles. The zero-order valence-electron chi connectivity index (χ0n) is 15.4. The number of benzene rings is 2. The van der Waals surface area contributed by atoms with Crippen LogP contribution in [0.25, 0.3) is 0 Å². The second-order valence-corrected chi connectivity index (χ2v) is 6.75. The molecule has 3 rings (SSSR count). The number of anilines is 1. The number of rotatable bonds is 7. The second-order valence-electron chi connectivity index (χ2n) is 6.31. The summed E-state index contributed by atoms with van der Waals surface area (Å²) in [7, 11) is 1.88. The van der Waals surface area contributed by atoms with Crippen LogP contribution in [0.5, 0.6) is 17.2 Å². The van der Waals surface area contributed by atoms with Gasteiger partial charge in [0.2, 0.25) is 5.91 Å². The fraction of sp³-hybridized carbons (Fsp3) is 0.350. The number of carbonyl (C=O) groups excluding carboxylic acids is 1. The minimum absolute atomic E-state index is 0.100. The molecule has 144 valence electrons. The minimum atomic E-state index is -0.318. The molecule has 1 aliphatic heterocycles. The Kier molecular flexibility index (Phi) is 6.42. The fourth-order valence-electron chi connectivity index (χ4n) is 2.63. The van der Waals surface area contributed by atoms with Crippen LogP contribution in [0.1, 0.15) is 6.92 Å². The summed E-state index contributed by atoms with van der Waals surface area (Å²) < 4.78 is 16.7. The van der Waals surface area contributed by atoms with Crippen LogP contribution in [-0.4, -0.2) is 50.3 Å². The molecule has 7 heteroatoms. The molecule has 1 N–H and O–H groups in total. The van der Waals surface area contributed by atoms with Crippen molar-refractivity contribution >= 4 is 23.2 Å². The highest BCUT2D eigenvalue weighted by atomic mass is 35.5. The van der Waals surface area contributed by atoms with Crippen molar-refractivity contribution in [1.29, 1.82) is 0 Å². The van der Waals surface area contributed by atoms with Crippen molar-refractivity contribution in [3.05, 3.63) is 47.5 Å². The quantitative estimate of drug-likeness (QED) is 0.784. The Morgan fingerprint density at radius 3 is 2.78 bits per heavy atom. The summed E-state index contributed by atoms with van der Waals surface area (Å²) in [4.78, 5) is 14.4. The number of fused-ring (bicyclic) bond motifs is 1.